The third-order valence-electron chi connectivity index (χ3n) is 3.78. The zero-order chi connectivity index (χ0) is 18.4. The molecule has 26 heavy (non-hydrogen) atoms. The van der Waals surface area contributed by atoms with Crippen LogP contribution in [-0.4, -0.2) is 16.8 Å². The number of hydrogen-bond acceptors (Lipinski definition) is 4. The Hall–Kier alpha value is -2.99. The summed E-state index contributed by atoms with van der Waals surface area (Å²) in [4.78, 5) is 27.4. The van der Waals surface area contributed by atoms with Crippen LogP contribution < -0.4 is 10.6 Å². The lowest BCUT2D eigenvalue weighted by molar-refractivity contribution is -0.120. The SMILES string of the molecule is CC(=O)Nc1ccc(CC(=O)NCc2cncc(-c3ccsc3)c2)cc1. The number of anilines is 1. The van der Waals surface area contributed by atoms with E-state index < -0.39 is 0 Å². The van der Waals surface area contributed by atoms with E-state index in [1.165, 1.54) is 6.92 Å². The van der Waals surface area contributed by atoms with Gasteiger partial charge in [-0.1, -0.05) is 12.1 Å². The molecule has 2 amide bonds. The molecule has 2 N–H and O–H groups in total. The minimum absolute atomic E-state index is 0.0572. The van der Waals surface area contributed by atoms with Crippen LogP contribution in [0.15, 0.2) is 59.6 Å². The number of pyridine rings is 1. The second-order valence-electron chi connectivity index (χ2n) is 5.93. The van der Waals surface area contributed by atoms with Crippen LogP contribution in [0.2, 0.25) is 0 Å². The Kier molecular flexibility index (Phi) is 5.76. The van der Waals surface area contributed by atoms with Gasteiger partial charge >= 0.3 is 0 Å². The van der Waals surface area contributed by atoms with Crippen molar-refractivity contribution in [3.63, 3.8) is 0 Å². The molecule has 0 saturated carbocycles. The molecule has 0 aliphatic heterocycles. The van der Waals surface area contributed by atoms with Crippen molar-refractivity contribution in [2.24, 2.45) is 0 Å². The van der Waals surface area contributed by atoms with E-state index >= 15 is 0 Å². The number of amides is 2. The molecule has 6 heteroatoms. The van der Waals surface area contributed by atoms with Crippen molar-refractivity contribution in [2.75, 3.05) is 5.32 Å². The number of nitrogens with one attached hydrogen (secondary N) is 2. The quantitative estimate of drug-likeness (QED) is 0.701. The van der Waals surface area contributed by atoms with Crippen LogP contribution in [0.25, 0.3) is 11.1 Å². The van der Waals surface area contributed by atoms with Crippen molar-refractivity contribution >= 4 is 28.8 Å². The van der Waals surface area contributed by atoms with Crippen LogP contribution in [0.5, 0.6) is 0 Å². The Labute approximate surface area is 156 Å². The van der Waals surface area contributed by atoms with Crippen LogP contribution in [0.1, 0.15) is 18.1 Å². The highest BCUT2D eigenvalue weighted by Crippen LogP contribution is 2.21. The number of carbonyl (C=O) groups is 2. The summed E-state index contributed by atoms with van der Waals surface area (Å²) in [6, 6.07) is 11.3. The molecule has 1 aromatic carbocycles. The van der Waals surface area contributed by atoms with Crippen molar-refractivity contribution in [3.8, 4) is 11.1 Å². The van der Waals surface area contributed by atoms with Crippen molar-refractivity contribution in [3.05, 3.63) is 70.7 Å². The van der Waals surface area contributed by atoms with Crippen LogP contribution in [0, 0.1) is 0 Å². The predicted molar refractivity (Wildman–Crippen MR) is 104 cm³/mol. The van der Waals surface area contributed by atoms with Crippen molar-refractivity contribution in [1.29, 1.82) is 0 Å². The molecular formula is C20H19N3O2S. The highest BCUT2D eigenvalue weighted by molar-refractivity contribution is 7.08. The van der Waals surface area contributed by atoms with E-state index in [0.717, 1.165) is 27.9 Å². The Morgan fingerprint density at radius 1 is 1.04 bits per heavy atom. The first-order valence-corrected chi connectivity index (χ1v) is 9.14. The topological polar surface area (TPSA) is 71.1 Å². The number of rotatable bonds is 6. The van der Waals surface area contributed by atoms with Crippen LogP contribution in [-0.2, 0) is 22.6 Å². The van der Waals surface area contributed by atoms with E-state index in [9.17, 15) is 9.59 Å². The number of hydrogen-bond donors (Lipinski definition) is 2. The van der Waals surface area contributed by atoms with Crippen molar-refractivity contribution in [1.82, 2.24) is 10.3 Å². The van der Waals surface area contributed by atoms with Crippen molar-refractivity contribution in [2.45, 2.75) is 19.9 Å². The largest absolute Gasteiger partial charge is 0.352 e. The molecule has 0 aliphatic rings. The number of benzene rings is 1. The van der Waals surface area contributed by atoms with E-state index in [1.54, 1.807) is 29.7 Å². The normalized spacial score (nSPS) is 10.3. The van der Waals surface area contributed by atoms with Crippen molar-refractivity contribution < 1.29 is 9.59 Å². The highest BCUT2D eigenvalue weighted by Gasteiger charge is 2.06. The Morgan fingerprint density at radius 3 is 2.54 bits per heavy atom. The fourth-order valence-corrected chi connectivity index (χ4v) is 3.19. The monoisotopic (exact) mass is 365 g/mol. The summed E-state index contributed by atoms with van der Waals surface area (Å²) < 4.78 is 0. The molecule has 0 atom stereocenters. The van der Waals surface area contributed by atoms with Gasteiger partial charge < -0.3 is 10.6 Å². The molecule has 0 spiro atoms. The molecule has 0 saturated heterocycles. The van der Waals surface area contributed by atoms with E-state index in [2.05, 4.69) is 27.1 Å². The van der Waals surface area contributed by atoms with E-state index in [0.29, 0.717) is 6.54 Å². The Morgan fingerprint density at radius 2 is 1.85 bits per heavy atom. The Balaban J connectivity index is 1.54. The molecule has 2 aromatic heterocycles. The molecule has 0 unspecified atom stereocenters. The maximum absolute atomic E-state index is 12.2. The lowest BCUT2D eigenvalue weighted by atomic mass is 10.1. The summed E-state index contributed by atoms with van der Waals surface area (Å²) in [5.41, 5.74) is 4.75. The molecule has 5 nitrogen and oxygen atoms in total. The molecule has 0 aliphatic carbocycles. The van der Waals surface area contributed by atoms with Gasteiger partial charge in [0.1, 0.15) is 0 Å². The van der Waals surface area contributed by atoms with Gasteiger partial charge in [-0.25, -0.2) is 0 Å². The first-order chi connectivity index (χ1) is 12.6. The maximum atomic E-state index is 12.2. The molecule has 3 aromatic rings. The molecular weight excluding hydrogens is 346 g/mol. The van der Waals surface area contributed by atoms with Gasteiger partial charge in [-0.05, 0) is 51.7 Å². The molecule has 3 rings (SSSR count). The average Bonchev–Trinajstić information content (AvgIpc) is 3.16. The van der Waals surface area contributed by atoms with Crippen LogP contribution >= 0.6 is 11.3 Å². The van der Waals surface area contributed by atoms with Crippen LogP contribution in [0.4, 0.5) is 5.69 Å². The minimum Gasteiger partial charge on any atom is -0.352 e. The van der Waals surface area contributed by atoms with Gasteiger partial charge in [-0.15, -0.1) is 0 Å². The summed E-state index contributed by atoms with van der Waals surface area (Å²) in [5, 5.41) is 9.73. The highest BCUT2D eigenvalue weighted by atomic mass is 32.1. The average molecular weight is 365 g/mol. The first kappa shape index (κ1) is 17.8. The van der Waals surface area contributed by atoms with Crippen LogP contribution in [0.3, 0.4) is 0 Å². The minimum atomic E-state index is -0.117. The maximum Gasteiger partial charge on any atom is 0.224 e. The zero-order valence-corrected chi connectivity index (χ0v) is 15.2. The van der Waals surface area contributed by atoms with Gasteiger partial charge in [0.15, 0.2) is 0 Å². The molecule has 132 valence electrons. The zero-order valence-electron chi connectivity index (χ0n) is 14.4. The molecule has 0 fully saturated rings. The number of aromatic nitrogens is 1. The predicted octanol–water partition coefficient (Wildman–Crippen LogP) is 3.63. The number of carbonyl (C=O) groups excluding carboxylic acids is 2. The summed E-state index contributed by atoms with van der Waals surface area (Å²) in [6.07, 6.45) is 3.88. The summed E-state index contributed by atoms with van der Waals surface area (Å²) in [7, 11) is 0. The van der Waals surface area contributed by atoms with E-state index in [-0.39, 0.29) is 18.2 Å². The van der Waals surface area contributed by atoms with Gasteiger partial charge in [0.25, 0.3) is 0 Å². The summed E-state index contributed by atoms with van der Waals surface area (Å²) >= 11 is 1.64. The van der Waals surface area contributed by atoms with Gasteiger partial charge in [0, 0.05) is 37.1 Å². The smallest absolute Gasteiger partial charge is 0.224 e. The fourth-order valence-electron chi connectivity index (χ4n) is 2.53. The molecule has 0 radical (unpaired) electrons. The van der Waals surface area contributed by atoms with Gasteiger partial charge in [-0.2, -0.15) is 11.3 Å². The summed E-state index contributed by atoms with van der Waals surface area (Å²) in [5.74, 6) is -0.174. The second kappa shape index (κ2) is 8.40. The fraction of sp³-hybridized carbons (Fsp3) is 0.150. The first-order valence-electron chi connectivity index (χ1n) is 8.20. The number of nitrogens with zero attached hydrogens (tertiary/aromatic N) is 1. The Bertz CT molecular complexity index is 890. The standard InChI is InChI=1S/C20H19N3O2S/c1-14(24)23-19-4-2-15(3-5-19)9-20(25)22-11-16-8-18(12-21-10-16)17-6-7-26-13-17/h2-8,10,12-13H,9,11H2,1H3,(H,22,25)(H,23,24). The molecule has 0 bridgehead atoms. The van der Waals surface area contributed by atoms with Gasteiger partial charge in [0.05, 0.1) is 6.42 Å². The summed E-state index contributed by atoms with van der Waals surface area (Å²) in [6.45, 7) is 1.90. The third-order valence-corrected chi connectivity index (χ3v) is 4.46. The van der Waals surface area contributed by atoms with E-state index in [1.807, 2.05) is 29.8 Å². The lowest BCUT2D eigenvalue weighted by Gasteiger charge is -2.07. The number of thiophene rings is 1. The van der Waals surface area contributed by atoms with Gasteiger partial charge in [0.2, 0.25) is 11.8 Å². The van der Waals surface area contributed by atoms with E-state index in [4.69, 9.17) is 0 Å². The molecule has 2 heterocycles. The second-order valence-corrected chi connectivity index (χ2v) is 6.71. The lowest BCUT2D eigenvalue weighted by Crippen LogP contribution is -2.24. The van der Waals surface area contributed by atoms with Gasteiger partial charge in [-0.3, -0.25) is 14.6 Å². The third kappa shape index (κ3) is 5.00.